The lowest BCUT2D eigenvalue weighted by Crippen LogP contribution is -2.10. The lowest BCUT2D eigenvalue weighted by Gasteiger charge is -2.12. The molecule has 2 aromatic rings. The van der Waals surface area contributed by atoms with Gasteiger partial charge >= 0.3 is 5.97 Å². The fourth-order valence-corrected chi connectivity index (χ4v) is 2.48. The van der Waals surface area contributed by atoms with Gasteiger partial charge in [-0.25, -0.2) is 4.79 Å². The number of carboxylic acids is 1. The first-order valence-electron chi connectivity index (χ1n) is 6.69. The van der Waals surface area contributed by atoms with Gasteiger partial charge in [0.15, 0.2) is 5.76 Å². The Kier molecular flexibility index (Phi) is 3.41. The summed E-state index contributed by atoms with van der Waals surface area (Å²) in [7, 11) is 0. The van der Waals surface area contributed by atoms with Crippen LogP contribution >= 0.6 is 0 Å². The zero-order chi connectivity index (χ0) is 13.9. The quantitative estimate of drug-likeness (QED) is 0.924. The van der Waals surface area contributed by atoms with Gasteiger partial charge in [-0.1, -0.05) is 5.16 Å². The number of carboxylic acid groups (broad SMARTS) is 1. The molecule has 1 aliphatic rings. The molecule has 0 radical (unpaired) electrons. The van der Waals surface area contributed by atoms with Gasteiger partial charge in [0.05, 0.1) is 12.3 Å². The van der Waals surface area contributed by atoms with Crippen molar-refractivity contribution in [3.05, 3.63) is 36.0 Å². The zero-order valence-corrected chi connectivity index (χ0v) is 10.9. The smallest absolute Gasteiger partial charge is 0.341 e. The van der Waals surface area contributed by atoms with Crippen LogP contribution in [0.4, 0.5) is 0 Å². The van der Waals surface area contributed by atoms with Crippen LogP contribution in [0.25, 0.3) is 11.3 Å². The molecule has 0 spiro atoms. The minimum atomic E-state index is -1.05. The van der Waals surface area contributed by atoms with Crippen molar-refractivity contribution in [3.8, 4) is 17.1 Å². The van der Waals surface area contributed by atoms with Gasteiger partial charge in [-0.05, 0) is 49.9 Å². The van der Waals surface area contributed by atoms with Gasteiger partial charge in [0, 0.05) is 5.56 Å². The van der Waals surface area contributed by atoms with E-state index in [2.05, 4.69) is 5.16 Å². The van der Waals surface area contributed by atoms with Crippen LogP contribution in [-0.2, 0) is 0 Å². The fraction of sp³-hybridized carbons (Fsp3) is 0.333. The molecule has 1 aromatic carbocycles. The van der Waals surface area contributed by atoms with Gasteiger partial charge in [-0.2, -0.15) is 0 Å². The maximum atomic E-state index is 11.0. The van der Waals surface area contributed by atoms with Crippen molar-refractivity contribution < 1.29 is 19.2 Å². The monoisotopic (exact) mass is 273 g/mol. The van der Waals surface area contributed by atoms with Gasteiger partial charge in [0.25, 0.3) is 0 Å². The van der Waals surface area contributed by atoms with Crippen molar-refractivity contribution in [2.45, 2.75) is 31.8 Å². The summed E-state index contributed by atoms with van der Waals surface area (Å²) in [6, 6.07) is 7.25. The zero-order valence-electron chi connectivity index (χ0n) is 10.9. The topological polar surface area (TPSA) is 72.6 Å². The Morgan fingerprint density at radius 3 is 2.60 bits per heavy atom. The first-order valence-corrected chi connectivity index (χ1v) is 6.69. The van der Waals surface area contributed by atoms with Crippen LogP contribution in [0.15, 0.2) is 35.0 Å². The number of aromatic nitrogens is 1. The van der Waals surface area contributed by atoms with Crippen molar-refractivity contribution in [1.29, 1.82) is 0 Å². The molecule has 0 aliphatic heterocycles. The van der Waals surface area contributed by atoms with E-state index in [-0.39, 0.29) is 11.3 Å². The second-order valence-electron chi connectivity index (χ2n) is 4.92. The number of hydrogen-bond acceptors (Lipinski definition) is 4. The summed E-state index contributed by atoms with van der Waals surface area (Å²) in [6.07, 6.45) is 6.17. The maximum absolute atomic E-state index is 11.0. The van der Waals surface area contributed by atoms with Crippen LogP contribution in [0.3, 0.4) is 0 Å². The van der Waals surface area contributed by atoms with E-state index >= 15 is 0 Å². The number of rotatable bonds is 4. The molecule has 0 saturated heterocycles. The van der Waals surface area contributed by atoms with Crippen LogP contribution in [0.5, 0.6) is 5.75 Å². The van der Waals surface area contributed by atoms with E-state index in [9.17, 15) is 4.79 Å². The predicted molar refractivity (Wildman–Crippen MR) is 71.8 cm³/mol. The lowest BCUT2D eigenvalue weighted by molar-refractivity contribution is 0.0697. The van der Waals surface area contributed by atoms with Crippen LogP contribution in [-0.4, -0.2) is 22.3 Å². The van der Waals surface area contributed by atoms with Crippen molar-refractivity contribution in [3.63, 3.8) is 0 Å². The third-order valence-electron chi connectivity index (χ3n) is 3.52. The SMILES string of the molecule is O=C(O)c1cnoc1-c1ccc(OC2CCCC2)cc1. The van der Waals surface area contributed by atoms with E-state index in [1.54, 1.807) is 12.1 Å². The highest BCUT2D eigenvalue weighted by molar-refractivity contribution is 5.93. The van der Waals surface area contributed by atoms with Gasteiger partial charge in [-0.15, -0.1) is 0 Å². The molecule has 1 heterocycles. The maximum Gasteiger partial charge on any atom is 0.341 e. The average molecular weight is 273 g/mol. The standard InChI is InChI=1S/C15H15NO4/c17-15(18)13-9-16-20-14(13)10-5-7-12(8-6-10)19-11-3-1-2-4-11/h5-9,11H,1-4H2,(H,17,18). The number of benzene rings is 1. The minimum absolute atomic E-state index is 0.0643. The molecular formula is C15H15NO4. The molecule has 1 saturated carbocycles. The largest absolute Gasteiger partial charge is 0.490 e. The average Bonchev–Trinajstić information content (AvgIpc) is 3.10. The molecule has 0 atom stereocenters. The van der Waals surface area contributed by atoms with Crippen molar-refractivity contribution in [2.75, 3.05) is 0 Å². The molecule has 1 aliphatic carbocycles. The number of carbonyl (C=O) groups is 1. The van der Waals surface area contributed by atoms with Crippen LogP contribution in [0.1, 0.15) is 36.0 Å². The van der Waals surface area contributed by atoms with Crippen molar-refractivity contribution >= 4 is 5.97 Å². The molecule has 3 rings (SSSR count). The Balaban J connectivity index is 1.78. The second-order valence-corrected chi connectivity index (χ2v) is 4.92. The van der Waals surface area contributed by atoms with E-state index in [1.807, 2.05) is 12.1 Å². The summed E-state index contributed by atoms with van der Waals surface area (Å²) in [5.41, 5.74) is 0.744. The van der Waals surface area contributed by atoms with Crippen molar-refractivity contribution in [2.24, 2.45) is 0 Å². The Labute approximate surface area is 116 Å². The molecule has 0 bridgehead atoms. The molecule has 1 fully saturated rings. The molecule has 104 valence electrons. The predicted octanol–water partition coefficient (Wildman–Crippen LogP) is 3.36. The molecular weight excluding hydrogens is 258 g/mol. The van der Waals surface area contributed by atoms with Crippen LogP contribution in [0.2, 0.25) is 0 Å². The summed E-state index contributed by atoms with van der Waals surface area (Å²) < 4.78 is 10.9. The van der Waals surface area contributed by atoms with Gasteiger partial charge in [0.2, 0.25) is 0 Å². The summed E-state index contributed by atoms with van der Waals surface area (Å²) >= 11 is 0. The number of nitrogens with zero attached hydrogens (tertiary/aromatic N) is 1. The summed E-state index contributed by atoms with van der Waals surface area (Å²) in [4.78, 5) is 11.0. The van der Waals surface area contributed by atoms with E-state index in [0.29, 0.717) is 11.7 Å². The molecule has 0 unspecified atom stereocenters. The van der Waals surface area contributed by atoms with E-state index < -0.39 is 5.97 Å². The van der Waals surface area contributed by atoms with Gasteiger partial charge in [-0.3, -0.25) is 0 Å². The van der Waals surface area contributed by atoms with Crippen LogP contribution in [0, 0.1) is 0 Å². The Morgan fingerprint density at radius 2 is 1.95 bits per heavy atom. The molecule has 0 amide bonds. The van der Waals surface area contributed by atoms with Gasteiger partial charge in [0.1, 0.15) is 11.3 Å². The van der Waals surface area contributed by atoms with Crippen molar-refractivity contribution in [1.82, 2.24) is 5.16 Å². The third-order valence-corrected chi connectivity index (χ3v) is 3.52. The van der Waals surface area contributed by atoms with E-state index in [0.717, 1.165) is 18.6 Å². The molecule has 1 aromatic heterocycles. The second kappa shape index (κ2) is 5.36. The highest BCUT2D eigenvalue weighted by Gasteiger charge is 2.18. The highest BCUT2D eigenvalue weighted by atomic mass is 16.5. The van der Waals surface area contributed by atoms with E-state index in [1.165, 1.54) is 19.0 Å². The number of ether oxygens (including phenoxy) is 1. The number of hydrogen-bond donors (Lipinski definition) is 1. The van der Waals surface area contributed by atoms with Crippen LogP contribution < -0.4 is 4.74 Å². The van der Waals surface area contributed by atoms with E-state index in [4.69, 9.17) is 14.4 Å². The first kappa shape index (κ1) is 12.7. The third kappa shape index (κ3) is 2.52. The molecule has 1 N–H and O–H groups in total. The highest BCUT2D eigenvalue weighted by Crippen LogP contribution is 2.28. The summed E-state index contributed by atoms with van der Waals surface area (Å²) in [5.74, 6) is 0.0227. The summed E-state index contributed by atoms with van der Waals surface area (Å²) in [6.45, 7) is 0. The fourth-order valence-electron chi connectivity index (χ4n) is 2.48. The minimum Gasteiger partial charge on any atom is -0.490 e. The number of aromatic carboxylic acids is 1. The molecule has 5 nitrogen and oxygen atoms in total. The van der Waals surface area contributed by atoms with Gasteiger partial charge < -0.3 is 14.4 Å². The molecule has 5 heteroatoms. The lowest BCUT2D eigenvalue weighted by atomic mass is 10.1. The Hall–Kier alpha value is -2.30. The Bertz CT molecular complexity index is 597. The summed E-state index contributed by atoms with van der Waals surface area (Å²) in [5, 5.41) is 12.6. The normalized spacial score (nSPS) is 15.4. The molecule has 20 heavy (non-hydrogen) atoms. The Morgan fingerprint density at radius 1 is 1.25 bits per heavy atom. The first-order chi connectivity index (χ1) is 9.74.